The fraction of sp³-hybridized carbons (Fsp3) is 0.0811. The maximum atomic E-state index is 13.4. The van der Waals surface area contributed by atoms with Gasteiger partial charge in [-0.05, 0) is 54.4 Å². The number of amides is 2. The van der Waals surface area contributed by atoms with Gasteiger partial charge in [-0.2, -0.15) is 0 Å². The number of carbonyl (C=O) groups is 4. The maximum absolute atomic E-state index is 13.4. The summed E-state index contributed by atoms with van der Waals surface area (Å²) in [6, 6.07) is 26.0. The number of benzene rings is 4. The quantitative estimate of drug-likeness (QED) is 0.112. The molecule has 2 aliphatic heterocycles. The highest BCUT2D eigenvalue weighted by Crippen LogP contribution is 2.41. The Kier molecular flexibility index (Phi) is 6.23. The number of nitrogens with zero attached hydrogens (tertiary/aromatic N) is 3. The van der Waals surface area contributed by atoms with E-state index in [1.807, 2.05) is 102 Å². The van der Waals surface area contributed by atoms with Crippen LogP contribution in [0.25, 0.3) is 33.0 Å². The molecule has 8 nitrogen and oxygen atoms in total. The molecule has 0 radical (unpaired) electrons. The number of aromatic nitrogens is 2. The predicted octanol–water partition coefficient (Wildman–Crippen LogP) is 7.05. The molecule has 2 aromatic heterocycles. The summed E-state index contributed by atoms with van der Waals surface area (Å²) in [4.78, 5) is 54.6. The standard InChI is InChI=1S/C37H24BrN3O5/c1-20-8-7-11-25-31(20)35(43)41(34(25)42)22-14-15-28(38)21(16-22)17-40-19-27(24-10-4-6-13-30(24)40)33-32(36(44)46-37(33)45)26-18-39(2)29-12-5-3-9-23(26)29/h3-16,18-19H,17H2,1-2H3. The van der Waals surface area contributed by atoms with Crippen molar-refractivity contribution in [3.8, 4) is 0 Å². The van der Waals surface area contributed by atoms with Gasteiger partial charge >= 0.3 is 11.9 Å². The van der Waals surface area contributed by atoms with E-state index in [1.54, 1.807) is 18.2 Å². The molecule has 224 valence electrons. The van der Waals surface area contributed by atoms with Crippen LogP contribution in [0.2, 0.25) is 0 Å². The Morgan fingerprint density at radius 1 is 0.696 bits per heavy atom. The van der Waals surface area contributed by atoms with Crippen LogP contribution < -0.4 is 4.90 Å². The van der Waals surface area contributed by atoms with Gasteiger partial charge in [-0.1, -0.05) is 64.5 Å². The van der Waals surface area contributed by atoms with Crippen molar-refractivity contribution in [1.82, 2.24) is 9.13 Å². The molecule has 0 unspecified atom stereocenters. The second kappa shape index (κ2) is 10.3. The first-order valence-corrected chi connectivity index (χ1v) is 15.4. The van der Waals surface area contributed by atoms with Gasteiger partial charge in [-0.25, -0.2) is 14.5 Å². The van der Waals surface area contributed by atoms with Crippen LogP contribution in [-0.4, -0.2) is 32.9 Å². The zero-order valence-electron chi connectivity index (χ0n) is 24.7. The molecule has 2 amide bonds. The second-order valence-corrected chi connectivity index (χ2v) is 12.4. The Morgan fingerprint density at radius 2 is 1.35 bits per heavy atom. The van der Waals surface area contributed by atoms with Crippen molar-refractivity contribution >= 4 is 78.3 Å². The summed E-state index contributed by atoms with van der Waals surface area (Å²) < 4.78 is 9.93. The lowest BCUT2D eigenvalue weighted by atomic mass is 9.95. The molecule has 0 saturated heterocycles. The van der Waals surface area contributed by atoms with E-state index in [0.717, 1.165) is 37.4 Å². The normalized spacial score (nSPS) is 14.7. The third-order valence-corrected chi connectivity index (χ3v) is 9.59. The first kappa shape index (κ1) is 28.0. The average molecular weight is 671 g/mol. The highest BCUT2D eigenvalue weighted by Gasteiger charge is 2.39. The number of hydrogen-bond donors (Lipinski definition) is 0. The highest BCUT2D eigenvalue weighted by molar-refractivity contribution is 9.10. The van der Waals surface area contributed by atoms with E-state index in [-0.39, 0.29) is 23.0 Å². The summed E-state index contributed by atoms with van der Waals surface area (Å²) in [5.41, 5.74) is 6.26. The van der Waals surface area contributed by atoms with Crippen molar-refractivity contribution in [3.63, 3.8) is 0 Å². The van der Waals surface area contributed by atoms with Gasteiger partial charge in [-0.3, -0.25) is 9.59 Å². The lowest BCUT2D eigenvalue weighted by molar-refractivity contribution is -0.149. The number of fused-ring (bicyclic) bond motifs is 3. The Hall–Kier alpha value is -5.54. The van der Waals surface area contributed by atoms with Crippen molar-refractivity contribution in [2.75, 3.05) is 4.90 Å². The number of carbonyl (C=O) groups excluding carboxylic acids is 4. The van der Waals surface area contributed by atoms with E-state index in [9.17, 15) is 19.2 Å². The molecule has 0 bridgehead atoms. The van der Waals surface area contributed by atoms with E-state index in [0.29, 0.717) is 34.5 Å². The number of ether oxygens (including phenoxy) is 1. The van der Waals surface area contributed by atoms with Crippen LogP contribution in [-0.2, 0) is 27.9 Å². The molecule has 0 fully saturated rings. The molecule has 0 aliphatic carbocycles. The van der Waals surface area contributed by atoms with Crippen molar-refractivity contribution in [2.24, 2.45) is 7.05 Å². The summed E-state index contributed by atoms with van der Waals surface area (Å²) in [5, 5.41) is 1.63. The van der Waals surface area contributed by atoms with E-state index in [2.05, 4.69) is 15.9 Å². The third kappa shape index (κ3) is 4.05. The third-order valence-electron chi connectivity index (χ3n) is 8.82. The van der Waals surface area contributed by atoms with Gasteiger partial charge in [0.15, 0.2) is 0 Å². The Morgan fingerprint density at radius 3 is 2.07 bits per heavy atom. The van der Waals surface area contributed by atoms with E-state index in [1.165, 1.54) is 4.90 Å². The fourth-order valence-corrected chi connectivity index (χ4v) is 7.06. The van der Waals surface area contributed by atoms with E-state index >= 15 is 0 Å². The molecule has 46 heavy (non-hydrogen) atoms. The minimum absolute atomic E-state index is 0.213. The number of hydrogen-bond acceptors (Lipinski definition) is 5. The number of halogens is 1. The van der Waals surface area contributed by atoms with E-state index < -0.39 is 11.9 Å². The van der Waals surface area contributed by atoms with Gasteiger partial charge in [0, 0.05) is 63.4 Å². The number of anilines is 1. The fourth-order valence-electron chi connectivity index (χ4n) is 6.69. The molecular weight excluding hydrogens is 646 g/mol. The van der Waals surface area contributed by atoms with Crippen LogP contribution in [0.4, 0.5) is 5.69 Å². The molecule has 0 saturated carbocycles. The van der Waals surface area contributed by atoms with Crippen LogP contribution in [0.5, 0.6) is 0 Å². The summed E-state index contributed by atoms with van der Waals surface area (Å²) in [5.74, 6) is -2.08. The zero-order valence-corrected chi connectivity index (χ0v) is 26.3. The molecule has 0 spiro atoms. The van der Waals surface area contributed by atoms with Crippen LogP contribution >= 0.6 is 15.9 Å². The lowest BCUT2D eigenvalue weighted by Crippen LogP contribution is -2.29. The summed E-state index contributed by atoms with van der Waals surface area (Å²) in [6.45, 7) is 2.17. The second-order valence-electron chi connectivity index (χ2n) is 11.5. The van der Waals surface area contributed by atoms with Crippen molar-refractivity contribution in [2.45, 2.75) is 13.5 Å². The molecule has 8 rings (SSSR count). The van der Waals surface area contributed by atoms with Crippen LogP contribution in [0, 0.1) is 6.92 Å². The smallest absolute Gasteiger partial charge is 0.347 e. The largest absolute Gasteiger partial charge is 0.386 e. The molecule has 4 aromatic carbocycles. The monoisotopic (exact) mass is 669 g/mol. The zero-order chi connectivity index (χ0) is 31.9. The van der Waals surface area contributed by atoms with Gasteiger partial charge < -0.3 is 13.9 Å². The Bertz CT molecular complexity index is 2400. The van der Waals surface area contributed by atoms with Crippen LogP contribution in [0.15, 0.2) is 102 Å². The van der Waals surface area contributed by atoms with Crippen molar-refractivity contribution < 1.29 is 23.9 Å². The Labute approximate surface area is 271 Å². The number of aryl methyl sites for hydroxylation is 2. The van der Waals surface area contributed by atoms with Gasteiger partial charge in [0.1, 0.15) is 0 Å². The molecule has 4 heterocycles. The average Bonchev–Trinajstić information content (AvgIpc) is 3.74. The van der Waals surface area contributed by atoms with Gasteiger partial charge in [-0.15, -0.1) is 0 Å². The lowest BCUT2D eigenvalue weighted by Gasteiger charge is -2.17. The minimum atomic E-state index is -0.695. The topological polar surface area (TPSA) is 90.6 Å². The summed E-state index contributed by atoms with van der Waals surface area (Å²) in [6.07, 6.45) is 3.71. The molecule has 9 heteroatoms. The first-order valence-electron chi connectivity index (χ1n) is 14.6. The number of imide groups is 1. The number of esters is 2. The molecule has 0 N–H and O–H groups in total. The summed E-state index contributed by atoms with van der Waals surface area (Å²) in [7, 11) is 1.90. The molecule has 0 atom stereocenters. The minimum Gasteiger partial charge on any atom is -0.386 e. The van der Waals surface area contributed by atoms with Gasteiger partial charge in [0.2, 0.25) is 0 Å². The molecule has 6 aromatic rings. The van der Waals surface area contributed by atoms with Crippen LogP contribution in [0.3, 0.4) is 0 Å². The number of cyclic esters (lactones) is 2. The van der Waals surface area contributed by atoms with Crippen LogP contribution in [0.1, 0.15) is 43.0 Å². The molecular formula is C37H24BrN3O5. The van der Waals surface area contributed by atoms with Gasteiger partial charge in [0.05, 0.1) is 28.0 Å². The predicted molar refractivity (Wildman–Crippen MR) is 178 cm³/mol. The highest BCUT2D eigenvalue weighted by atomic mass is 79.9. The summed E-state index contributed by atoms with van der Waals surface area (Å²) >= 11 is 3.65. The van der Waals surface area contributed by atoms with E-state index in [4.69, 9.17) is 4.74 Å². The number of rotatable bonds is 5. The first-order chi connectivity index (χ1) is 22.2. The molecule has 2 aliphatic rings. The number of para-hydroxylation sites is 2. The Balaban J connectivity index is 1.25. The van der Waals surface area contributed by atoms with Gasteiger partial charge in [0.25, 0.3) is 11.8 Å². The van der Waals surface area contributed by atoms with Crippen molar-refractivity contribution in [3.05, 3.63) is 135 Å². The van der Waals surface area contributed by atoms with Crippen molar-refractivity contribution in [1.29, 1.82) is 0 Å². The SMILES string of the molecule is Cc1cccc2c1C(=O)N(c1ccc(Br)c(Cn3cc(C4=C(c5cn(C)c6ccccc56)C(=O)OC4=O)c4ccccc43)c1)C2=O. The maximum Gasteiger partial charge on any atom is 0.347 e.